The van der Waals surface area contributed by atoms with Gasteiger partial charge in [-0.1, -0.05) is 5.21 Å². The second-order valence-corrected chi connectivity index (χ2v) is 2.43. The van der Waals surface area contributed by atoms with Crippen LogP contribution in [0, 0.1) is 0 Å². The lowest BCUT2D eigenvalue weighted by Gasteiger charge is -2.05. The molecular formula is C6H12N4O. The van der Waals surface area contributed by atoms with E-state index in [0.717, 1.165) is 5.69 Å². The summed E-state index contributed by atoms with van der Waals surface area (Å²) in [6.07, 6.45) is 1.74. The number of hydrogen-bond acceptors (Lipinski definition) is 4. The molecular weight excluding hydrogens is 144 g/mol. The Labute approximate surface area is 64.8 Å². The van der Waals surface area contributed by atoms with Gasteiger partial charge in [0, 0.05) is 6.54 Å². The fourth-order valence-corrected chi connectivity index (χ4v) is 0.706. The molecule has 62 valence electrons. The third-order valence-corrected chi connectivity index (χ3v) is 1.48. The zero-order valence-corrected chi connectivity index (χ0v) is 6.44. The summed E-state index contributed by atoms with van der Waals surface area (Å²) in [6.45, 7) is 2.31. The first kappa shape index (κ1) is 8.16. The van der Waals surface area contributed by atoms with E-state index in [9.17, 15) is 0 Å². The van der Waals surface area contributed by atoms with E-state index in [4.69, 9.17) is 10.8 Å². The van der Waals surface area contributed by atoms with Crippen LogP contribution in [-0.4, -0.2) is 26.7 Å². The van der Waals surface area contributed by atoms with Gasteiger partial charge in [-0.25, -0.2) is 4.68 Å². The lowest BCUT2D eigenvalue weighted by Crippen LogP contribution is -2.09. The topological polar surface area (TPSA) is 77.0 Å². The summed E-state index contributed by atoms with van der Waals surface area (Å²) in [4.78, 5) is 0. The zero-order chi connectivity index (χ0) is 8.27. The van der Waals surface area contributed by atoms with E-state index in [0.29, 0.717) is 6.54 Å². The molecule has 3 N–H and O–H groups in total. The van der Waals surface area contributed by atoms with Crippen molar-refractivity contribution in [3.05, 3.63) is 11.9 Å². The predicted octanol–water partition coefficient (Wildman–Crippen LogP) is -0.710. The minimum absolute atomic E-state index is 0.0252. The number of aliphatic hydroxyl groups is 1. The Bertz CT molecular complexity index is 222. The zero-order valence-electron chi connectivity index (χ0n) is 6.44. The van der Waals surface area contributed by atoms with E-state index in [1.54, 1.807) is 10.9 Å². The van der Waals surface area contributed by atoms with Crippen molar-refractivity contribution in [1.29, 1.82) is 0 Å². The highest BCUT2D eigenvalue weighted by Crippen LogP contribution is 2.01. The van der Waals surface area contributed by atoms with Gasteiger partial charge in [-0.3, -0.25) is 0 Å². The first-order valence-corrected chi connectivity index (χ1v) is 3.49. The molecule has 0 aliphatic rings. The fraction of sp³-hybridized carbons (Fsp3) is 0.667. The van der Waals surface area contributed by atoms with Gasteiger partial charge in [0.15, 0.2) is 0 Å². The van der Waals surface area contributed by atoms with Gasteiger partial charge in [-0.2, -0.15) is 0 Å². The Kier molecular flexibility index (Phi) is 2.56. The molecule has 1 atom stereocenters. The number of nitrogens with two attached hydrogens (primary N) is 1. The second kappa shape index (κ2) is 3.45. The van der Waals surface area contributed by atoms with Crippen LogP contribution in [0.3, 0.4) is 0 Å². The van der Waals surface area contributed by atoms with Gasteiger partial charge in [0.2, 0.25) is 0 Å². The number of rotatable bonds is 3. The van der Waals surface area contributed by atoms with E-state index in [-0.39, 0.29) is 12.6 Å². The molecule has 0 aliphatic heterocycles. The molecule has 5 heteroatoms. The third kappa shape index (κ3) is 1.75. The van der Waals surface area contributed by atoms with Gasteiger partial charge in [-0.15, -0.1) is 5.10 Å². The van der Waals surface area contributed by atoms with Crippen molar-refractivity contribution in [3.8, 4) is 0 Å². The van der Waals surface area contributed by atoms with E-state index >= 15 is 0 Å². The van der Waals surface area contributed by atoms with Crippen LogP contribution in [0.2, 0.25) is 0 Å². The maximum atomic E-state index is 8.75. The summed E-state index contributed by atoms with van der Waals surface area (Å²) in [5.74, 6) is 0. The van der Waals surface area contributed by atoms with Crippen molar-refractivity contribution in [1.82, 2.24) is 15.0 Å². The van der Waals surface area contributed by atoms with Crippen molar-refractivity contribution >= 4 is 0 Å². The molecule has 0 fully saturated rings. The van der Waals surface area contributed by atoms with Gasteiger partial charge in [0.1, 0.15) is 0 Å². The van der Waals surface area contributed by atoms with Gasteiger partial charge in [0.25, 0.3) is 0 Å². The molecule has 0 aromatic carbocycles. The number of nitrogens with zero attached hydrogens (tertiary/aromatic N) is 3. The largest absolute Gasteiger partial charge is 0.394 e. The van der Waals surface area contributed by atoms with E-state index in [1.165, 1.54) is 0 Å². The Balaban J connectivity index is 2.71. The van der Waals surface area contributed by atoms with Crippen LogP contribution in [0.1, 0.15) is 18.7 Å². The van der Waals surface area contributed by atoms with E-state index in [1.807, 2.05) is 6.92 Å². The van der Waals surface area contributed by atoms with Crippen LogP contribution in [0.4, 0.5) is 0 Å². The summed E-state index contributed by atoms with van der Waals surface area (Å²) in [6, 6.07) is -0.0252. The smallest absolute Gasteiger partial charge is 0.0962 e. The van der Waals surface area contributed by atoms with Crippen LogP contribution in [0.15, 0.2) is 6.20 Å². The first-order chi connectivity index (χ1) is 5.27. The molecule has 0 radical (unpaired) electrons. The van der Waals surface area contributed by atoms with Crippen LogP contribution in [0.5, 0.6) is 0 Å². The average molecular weight is 156 g/mol. The highest BCUT2D eigenvalue weighted by atomic mass is 16.3. The minimum Gasteiger partial charge on any atom is -0.394 e. The predicted molar refractivity (Wildman–Crippen MR) is 39.7 cm³/mol. The molecule has 1 aromatic heterocycles. The summed E-state index contributed by atoms with van der Waals surface area (Å²) >= 11 is 0. The molecule has 11 heavy (non-hydrogen) atoms. The summed E-state index contributed by atoms with van der Waals surface area (Å²) < 4.78 is 1.60. The Morgan fingerprint density at radius 1 is 1.82 bits per heavy atom. The van der Waals surface area contributed by atoms with Gasteiger partial charge >= 0.3 is 0 Å². The van der Waals surface area contributed by atoms with Gasteiger partial charge in [-0.05, 0) is 6.92 Å². The second-order valence-electron chi connectivity index (χ2n) is 2.43. The van der Waals surface area contributed by atoms with Crippen LogP contribution >= 0.6 is 0 Å². The van der Waals surface area contributed by atoms with Crippen molar-refractivity contribution in [3.63, 3.8) is 0 Å². The van der Waals surface area contributed by atoms with Gasteiger partial charge < -0.3 is 10.8 Å². The van der Waals surface area contributed by atoms with Crippen LogP contribution in [-0.2, 0) is 6.54 Å². The standard InChI is InChI=1S/C6H12N4O/c1-5(4-11)10-3-6(2-7)8-9-10/h3,5,11H,2,4,7H2,1H3. The molecule has 0 bridgehead atoms. The molecule has 0 amide bonds. The molecule has 0 aliphatic carbocycles. The molecule has 1 heterocycles. The highest BCUT2D eigenvalue weighted by molar-refractivity contribution is 4.91. The van der Waals surface area contributed by atoms with Crippen LogP contribution < -0.4 is 5.73 Å². The van der Waals surface area contributed by atoms with Crippen molar-refractivity contribution in [2.75, 3.05) is 6.61 Å². The molecule has 0 saturated heterocycles. The lowest BCUT2D eigenvalue weighted by molar-refractivity contribution is 0.228. The maximum absolute atomic E-state index is 8.75. The first-order valence-electron chi connectivity index (χ1n) is 3.49. The SMILES string of the molecule is CC(CO)n1cc(CN)nn1. The molecule has 1 rings (SSSR count). The summed E-state index contributed by atoms with van der Waals surface area (Å²) in [5.41, 5.74) is 6.07. The maximum Gasteiger partial charge on any atom is 0.0962 e. The molecule has 1 unspecified atom stereocenters. The number of aliphatic hydroxyl groups excluding tert-OH is 1. The number of hydrogen-bond donors (Lipinski definition) is 2. The van der Waals surface area contributed by atoms with Crippen LogP contribution in [0.25, 0.3) is 0 Å². The average Bonchev–Trinajstić information content (AvgIpc) is 2.50. The van der Waals surface area contributed by atoms with Crippen molar-refractivity contribution in [2.45, 2.75) is 19.5 Å². The summed E-state index contributed by atoms with van der Waals surface area (Å²) in [5, 5.41) is 16.3. The highest BCUT2D eigenvalue weighted by Gasteiger charge is 2.04. The molecule has 0 saturated carbocycles. The summed E-state index contributed by atoms with van der Waals surface area (Å²) in [7, 11) is 0. The number of aromatic nitrogens is 3. The minimum atomic E-state index is -0.0252. The fourth-order valence-electron chi connectivity index (χ4n) is 0.706. The van der Waals surface area contributed by atoms with Crippen molar-refractivity contribution in [2.24, 2.45) is 5.73 Å². The molecule has 0 spiro atoms. The third-order valence-electron chi connectivity index (χ3n) is 1.48. The Morgan fingerprint density at radius 3 is 3.00 bits per heavy atom. The Morgan fingerprint density at radius 2 is 2.55 bits per heavy atom. The van der Waals surface area contributed by atoms with Gasteiger partial charge in [0.05, 0.1) is 24.5 Å². The normalized spacial score (nSPS) is 13.4. The Hall–Kier alpha value is -0.940. The van der Waals surface area contributed by atoms with E-state index in [2.05, 4.69) is 10.3 Å². The van der Waals surface area contributed by atoms with Crippen molar-refractivity contribution < 1.29 is 5.11 Å². The van der Waals surface area contributed by atoms with E-state index < -0.39 is 0 Å². The quantitative estimate of drug-likeness (QED) is 0.606. The molecule has 5 nitrogen and oxygen atoms in total. The monoisotopic (exact) mass is 156 g/mol. The molecule has 1 aromatic rings. The lowest BCUT2D eigenvalue weighted by atomic mass is 10.4.